The van der Waals surface area contributed by atoms with Crippen LogP contribution in [0.5, 0.6) is 0 Å². The molecule has 0 N–H and O–H groups in total. The summed E-state index contributed by atoms with van der Waals surface area (Å²) in [7, 11) is 0. The van der Waals surface area contributed by atoms with Crippen LogP contribution < -0.4 is 0 Å². The monoisotopic (exact) mass is 300 g/mol. The number of nitrogens with zero attached hydrogens (tertiary/aromatic N) is 2. The van der Waals surface area contributed by atoms with Crippen LogP contribution in [0.1, 0.15) is 16.8 Å². The summed E-state index contributed by atoms with van der Waals surface area (Å²) in [6.45, 7) is 1.94. The summed E-state index contributed by atoms with van der Waals surface area (Å²) < 4.78 is 15.5. The van der Waals surface area contributed by atoms with Crippen LogP contribution in [0.4, 0.5) is 4.39 Å². The highest BCUT2D eigenvalue weighted by Gasteiger charge is 2.10. The molecule has 2 aromatic carbocycles. The van der Waals surface area contributed by atoms with Gasteiger partial charge in [0.25, 0.3) is 0 Å². The van der Waals surface area contributed by atoms with Crippen LogP contribution in [0.2, 0.25) is 5.02 Å². The van der Waals surface area contributed by atoms with Gasteiger partial charge in [-0.15, -0.1) is 0 Å². The molecule has 21 heavy (non-hydrogen) atoms. The molecule has 106 valence electrons. The number of aromatic nitrogens is 2. The van der Waals surface area contributed by atoms with Crippen molar-refractivity contribution in [2.45, 2.75) is 13.3 Å². The third-order valence-corrected chi connectivity index (χ3v) is 3.84. The van der Waals surface area contributed by atoms with Gasteiger partial charge in [-0.2, -0.15) is 0 Å². The Hall–Kier alpha value is -2.13. The van der Waals surface area contributed by atoms with Crippen LogP contribution >= 0.6 is 11.6 Å². The van der Waals surface area contributed by atoms with Crippen molar-refractivity contribution in [3.8, 4) is 5.69 Å². The van der Waals surface area contributed by atoms with E-state index in [-0.39, 0.29) is 5.82 Å². The molecule has 0 aliphatic heterocycles. The van der Waals surface area contributed by atoms with Gasteiger partial charge in [-0.3, -0.25) is 0 Å². The molecule has 0 bridgehead atoms. The Morgan fingerprint density at radius 1 is 1.14 bits per heavy atom. The maximum Gasteiger partial charge on any atom is 0.125 e. The van der Waals surface area contributed by atoms with Crippen LogP contribution in [0, 0.1) is 12.7 Å². The summed E-state index contributed by atoms with van der Waals surface area (Å²) in [6.07, 6.45) is 4.09. The highest BCUT2D eigenvalue weighted by Crippen LogP contribution is 2.24. The van der Waals surface area contributed by atoms with E-state index in [2.05, 4.69) is 4.98 Å². The molecular weight excluding hydrogens is 287 g/mol. The normalized spacial score (nSPS) is 10.8. The van der Waals surface area contributed by atoms with E-state index in [9.17, 15) is 4.39 Å². The average Bonchev–Trinajstić information content (AvgIpc) is 2.89. The van der Waals surface area contributed by atoms with E-state index in [0.717, 1.165) is 27.5 Å². The number of halogens is 2. The van der Waals surface area contributed by atoms with Crippen molar-refractivity contribution in [1.29, 1.82) is 0 Å². The van der Waals surface area contributed by atoms with Crippen molar-refractivity contribution in [3.63, 3.8) is 0 Å². The molecule has 0 saturated heterocycles. The number of benzene rings is 2. The van der Waals surface area contributed by atoms with E-state index < -0.39 is 0 Å². The lowest BCUT2D eigenvalue weighted by atomic mass is 10.0. The molecule has 1 aromatic heterocycles. The molecule has 0 radical (unpaired) electrons. The van der Waals surface area contributed by atoms with Crippen LogP contribution in [0.25, 0.3) is 5.69 Å². The molecule has 4 heteroatoms. The van der Waals surface area contributed by atoms with Crippen molar-refractivity contribution in [3.05, 3.63) is 82.6 Å². The first-order chi connectivity index (χ1) is 10.1. The average molecular weight is 301 g/mol. The third-order valence-electron chi connectivity index (χ3n) is 3.47. The van der Waals surface area contributed by atoms with Crippen LogP contribution in [0.15, 0.2) is 55.0 Å². The largest absolute Gasteiger partial charge is 0.303 e. The van der Waals surface area contributed by atoms with Gasteiger partial charge in [0.1, 0.15) is 5.82 Å². The Morgan fingerprint density at radius 3 is 2.67 bits per heavy atom. The topological polar surface area (TPSA) is 17.8 Å². The van der Waals surface area contributed by atoms with Gasteiger partial charge < -0.3 is 4.57 Å². The number of rotatable bonds is 3. The standard InChI is InChI=1S/C17H14ClFN2/c1-12-10-20-11-21(12)17-9-15(19)7-6-14(17)8-13-4-2-3-5-16(13)18/h2-7,9-11H,8H2,1H3. The second kappa shape index (κ2) is 5.70. The van der Waals surface area contributed by atoms with Gasteiger partial charge in [0, 0.05) is 23.3 Å². The van der Waals surface area contributed by atoms with Gasteiger partial charge in [-0.25, -0.2) is 9.37 Å². The highest BCUT2D eigenvalue weighted by molar-refractivity contribution is 6.31. The van der Waals surface area contributed by atoms with Gasteiger partial charge in [-0.1, -0.05) is 35.9 Å². The number of aryl methyl sites for hydroxylation is 1. The molecule has 2 nitrogen and oxygen atoms in total. The predicted octanol–water partition coefficient (Wildman–Crippen LogP) is 4.56. The zero-order valence-corrected chi connectivity index (χ0v) is 12.3. The summed E-state index contributed by atoms with van der Waals surface area (Å²) in [5, 5.41) is 0.718. The Bertz CT molecular complexity index is 780. The van der Waals surface area contributed by atoms with Gasteiger partial charge in [0.2, 0.25) is 0 Å². The van der Waals surface area contributed by atoms with Gasteiger partial charge in [0.05, 0.1) is 12.0 Å². The number of hydrogen-bond acceptors (Lipinski definition) is 1. The molecule has 0 fully saturated rings. The second-order valence-corrected chi connectivity index (χ2v) is 5.35. The molecule has 0 aliphatic rings. The fourth-order valence-corrected chi connectivity index (χ4v) is 2.57. The minimum Gasteiger partial charge on any atom is -0.303 e. The minimum absolute atomic E-state index is 0.263. The summed E-state index contributed by atoms with van der Waals surface area (Å²) in [5.74, 6) is -0.263. The minimum atomic E-state index is -0.263. The lowest BCUT2D eigenvalue weighted by Gasteiger charge is -2.13. The number of imidazole rings is 1. The molecule has 0 spiro atoms. The molecule has 3 rings (SSSR count). The maximum absolute atomic E-state index is 13.6. The van der Waals surface area contributed by atoms with Crippen LogP contribution in [-0.4, -0.2) is 9.55 Å². The van der Waals surface area contributed by atoms with Crippen molar-refractivity contribution >= 4 is 11.6 Å². The molecule has 3 aromatic rings. The SMILES string of the molecule is Cc1cncn1-c1cc(F)ccc1Cc1ccccc1Cl. The van der Waals surface area contributed by atoms with Crippen molar-refractivity contribution in [1.82, 2.24) is 9.55 Å². The van der Waals surface area contributed by atoms with Gasteiger partial charge in [-0.05, 0) is 36.2 Å². The van der Waals surface area contributed by atoms with E-state index >= 15 is 0 Å². The quantitative estimate of drug-likeness (QED) is 0.693. The Balaban J connectivity index is 2.07. The summed E-state index contributed by atoms with van der Waals surface area (Å²) >= 11 is 6.22. The predicted molar refractivity (Wildman–Crippen MR) is 82.5 cm³/mol. The smallest absolute Gasteiger partial charge is 0.125 e. The molecule has 0 amide bonds. The van der Waals surface area contributed by atoms with E-state index in [1.807, 2.05) is 35.8 Å². The van der Waals surface area contributed by atoms with Crippen molar-refractivity contribution in [2.75, 3.05) is 0 Å². The summed E-state index contributed by atoms with van der Waals surface area (Å²) in [6, 6.07) is 12.5. The number of hydrogen-bond donors (Lipinski definition) is 0. The fraction of sp³-hybridized carbons (Fsp3) is 0.118. The Morgan fingerprint density at radius 2 is 1.95 bits per heavy atom. The molecule has 0 unspecified atom stereocenters. The van der Waals surface area contributed by atoms with Crippen LogP contribution in [0.3, 0.4) is 0 Å². The van der Waals surface area contributed by atoms with Crippen molar-refractivity contribution < 1.29 is 4.39 Å². The fourth-order valence-electron chi connectivity index (χ4n) is 2.37. The second-order valence-electron chi connectivity index (χ2n) is 4.95. The first-order valence-corrected chi connectivity index (χ1v) is 7.04. The van der Waals surface area contributed by atoms with E-state index in [1.165, 1.54) is 12.1 Å². The maximum atomic E-state index is 13.6. The summed E-state index contributed by atoms with van der Waals surface area (Å²) in [4.78, 5) is 4.11. The summed E-state index contributed by atoms with van der Waals surface area (Å²) in [5.41, 5.74) is 3.78. The Kier molecular flexibility index (Phi) is 3.76. The molecule has 0 aliphatic carbocycles. The first-order valence-electron chi connectivity index (χ1n) is 6.66. The van der Waals surface area contributed by atoms with E-state index in [0.29, 0.717) is 6.42 Å². The zero-order valence-electron chi connectivity index (χ0n) is 11.6. The molecular formula is C17H14ClFN2. The molecule has 0 atom stereocenters. The Labute approximate surface area is 127 Å². The third kappa shape index (κ3) is 2.83. The highest BCUT2D eigenvalue weighted by atomic mass is 35.5. The molecule has 0 saturated carbocycles. The lowest BCUT2D eigenvalue weighted by Crippen LogP contribution is -2.02. The first kappa shape index (κ1) is 13.8. The zero-order chi connectivity index (χ0) is 14.8. The van der Waals surface area contributed by atoms with E-state index in [4.69, 9.17) is 11.6 Å². The van der Waals surface area contributed by atoms with E-state index in [1.54, 1.807) is 18.6 Å². The van der Waals surface area contributed by atoms with Gasteiger partial charge in [0.15, 0.2) is 0 Å². The van der Waals surface area contributed by atoms with Crippen molar-refractivity contribution in [2.24, 2.45) is 0 Å². The van der Waals surface area contributed by atoms with Crippen LogP contribution in [-0.2, 0) is 6.42 Å². The van der Waals surface area contributed by atoms with Gasteiger partial charge >= 0.3 is 0 Å². The molecule has 1 heterocycles. The lowest BCUT2D eigenvalue weighted by molar-refractivity contribution is 0.625.